The van der Waals surface area contributed by atoms with Crippen molar-refractivity contribution in [3.8, 4) is 0 Å². The molecule has 0 bridgehead atoms. The maximum Gasteiger partial charge on any atom is 0.333 e. The van der Waals surface area contributed by atoms with E-state index in [-0.39, 0.29) is 36.2 Å². The summed E-state index contributed by atoms with van der Waals surface area (Å²) in [6.07, 6.45) is 0.467. The zero-order valence-electron chi connectivity index (χ0n) is 20.8. The number of fused-ring (bicyclic) bond motifs is 2. The molecule has 4 atom stereocenters. The monoisotopic (exact) mass is 507 g/mol. The molecule has 0 aliphatic carbocycles. The number of hydrogen-bond acceptors (Lipinski definition) is 5. The lowest BCUT2D eigenvalue weighted by Crippen LogP contribution is -2.46. The van der Waals surface area contributed by atoms with Crippen LogP contribution in [0.15, 0.2) is 48.5 Å². The van der Waals surface area contributed by atoms with Crippen molar-refractivity contribution in [2.24, 2.45) is 11.8 Å². The molecule has 8 nitrogen and oxygen atoms in total. The smallest absolute Gasteiger partial charge is 0.333 e. The highest BCUT2D eigenvalue weighted by Gasteiger charge is 2.43. The van der Waals surface area contributed by atoms with Crippen molar-refractivity contribution < 1.29 is 28.2 Å². The number of nitrogens with zero attached hydrogens (tertiary/aromatic N) is 1. The van der Waals surface area contributed by atoms with Gasteiger partial charge in [-0.1, -0.05) is 24.3 Å². The molecule has 2 amide bonds. The second-order valence-electron chi connectivity index (χ2n) is 9.83. The number of aryl methyl sites for hydroxylation is 1. The van der Waals surface area contributed by atoms with Crippen molar-refractivity contribution in [1.29, 1.82) is 0 Å². The predicted octanol–water partition coefficient (Wildman–Crippen LogP) is 3.51. The first-order valence-electron chi connectivity index (χ1n) is 12.5. The van der Waals surface area contributed by atoms with Crippen LogP contribution < -0.4 is 5.32 Å². The highest BCUT2D eigenvalue weighted by molar-refractivity contribution is 5.99. The Morgan fingerprint density at radius 2 is 2.00 bits per heavy atom. The third-order valence-electron chi connectivity index (χ3n) is 7.54. The summed E-state index contributed by atoms with van der Waals surface area (Å²) in [5.74, 6) is -1.25. The second kappa shape index (κ2) is 10.3. The average molecular weight is 508 g/mol. The number of piperidine rings is 1. The van der Waals surface area contributed by atoms with Gasteiger partial charge < -0.3 is 24.7 Å². The molecule has 2 saturated heterocycles. The zero-order valence-corrected chi connectivity index (χ0v) is 20.8. The number of nitrogens with one attached hydrogen (secondary N) is 2. The van der Waals surface area contributed by atoms with Crippen LogP contribution in [-0.4, -0.2) is 60.6 Å². The highest BCUT2D eigenvalue weighted by Crippen LogP contribution is 2.36. The summed E-state index contributed by atoms with van der Waals surface area (Å²) in [5.41, 5.74) is 3.01. The van der Waals surface area contributed by atoms with Crippen molar-refractivity contribution in [2.45, 2.75) is 31.9 Å². The lowest BCUT2D eigenvalue weighted by molar-refractivity contribution is -0.145. The molecule has 0 radical (unpaired) electrons. The molecule has 37 heavy (non-hydrogen) atoms. The van der Waals surface area contributed by atoms with Gasteiger partial charge in [-0.05, 0) is 54.7 Å². The van der Waals surface area contributed by atoms with Crippen LogP contribution in [0.25, 0.3) is 10.9 Å². The molecule has 5 rings (SSSR count). The van der Waals surface area contributed by atoms with Crippen molar-refractivity contribution >= 4 is 28.7 Å². The molecule has 2 unspecified atom stereocenters. The minimum Gasteiger partial charge on any atom is -0.467 e. The Labute approximate surface area is 214 Å². The summed E-state index contributed by atoms with van der Waals surface area (Å²) in [6.45, 7) is 3.68. The van der Waals surface area contributed by atoms with E-state index in [4.69, 9.17) is 9.47 Å². The molecule has 2 fully saturated rings. The van der Waals surface area contributed by atoms with Crippen LogP contribution in [0.2, 0.25) is 0 Å². The van der Waals surface area contributed by atoms with Gasteiger partial charge in [-0.3, -0.25) is 9.59 Å². The van der Waals surface area contributed by atoms with E-state index >= 15 is 0 Å². The number of likely N-dealkylation sites (tertiary alicyclic amines) is 1. The number of halogens is 1. The van der Waals surface area contributed by atoms with E-state index in [1.165, 1.54) is 31.4 Å². The summed E-state index contributed by atoms with van der Waals surface area (Å²) in [4.78, 5) is 43.7. The minimum absolute atomic E-state index is 0.0111. The second-order valence-corrected chi connectivity index (χ2v) is 9.83. The molecule has 9 heteroatoms. The summed E-state index contributed by atoms with van der Waals surface area (Å²) >= 11 is 0. The summed E-state index contributed by atoms with van der Waals surface area (Å²) < 4.78 is 24.2. The van der Waals surface area contributed by atoms with Gasteiger partial charge in [-0.2, -0.15) is 0 Å². The van der Waals surface area contributed by atoms with E-state index in [1.807, 2.05) is 36.1 Å². The third kappa shape index (κ3) is 5.09. The van der Waals surface area contributed by atoms with Crippen molar-refractivity contribution in [3.05, 3.63) is 71.2 Å². The van der Waals surface area contributed by atoms with E-state index in [9.17, 15) is 18.8 Å². The van der Waals surface area contributed by atoms with Crippen molar-refractivity contribution in [1.82, 2.24) is 15.2 Å². The molecule has 0 spiro atoms. The lowest BCUT2D eigenvalue weighted by atomic mass is 9.83. The molecule has 0 saturated carbocycles. The largest absolute Gasteiger partial charge is 0.467 e. The van der Waals surface area contributed by atoms with E-state index in [0.717, 1.165) is 22.9 Å². The topological polar surface area (TPSA) is 101 Å². The van der Waals surface area contributed by atoms with Gasteiger partial charge in [-0.25, -0.2) is 9.18 Å². The zero-order chi connectivity index (χ0) is 26.1. The summed E-state index contributed by atoms with van der Waals surface area (Å²) in [7, 11) is 1.23. The number of ether oxygens (including phenoxy) is 2. The summed E-state index contributed by atoms with van der Waals surface area (Å²) in [6, 6.07) is 12.1. The van der Waals surface area contributed by atoms with Gasteiger partial charge >= 0.3 is 5.97 Å². The van der Waals surface area contributed by atoms with Crippen LogP contribution in [0.5, 0.6) is 0 Å². The van der Waals surface area contributed by atoms with Gasteiger partial charge in [0.15, 0.2) is 6.04 Å². The van der Waals surface area contributed by atoms with Gasteiger partial charge in [0, 0.05) is 29.9 Å². The van der Waals surface area contributed by atoms with Gasteiger partial charge in [0.25, 0.3) is 5.91 Å². The van der Waals surface area contributed by atoms with Crippen LogP contribution in [0.4, 0.5) is 4.39 Å². The Morgan fingerprint density at radius 3 is 2.73 bits per heavy atom. The molecule has 3 heterocycles. The van der Waals surface area contributed by atoms with Crippen LogP contribution in [0.3, 0.4) is 0 Å². The fraction of sp³-hybridized carbons (Fsp3) is 0.393. The Morgan fingerprint density at radius 1 is 1.22 bits per heavy atom. The number of amides is 2. The number of H-pyrrole nitrogens is 1. The van der Waals surface area contributed by atoms with Gasteiger partial charge in [-0.15, -0.1) is 0 Å². The number of rotatable bonds is 6. The average Bonchev–Trinajstić information content (AvgIpc) is 3.52. The fourth-order valence-electron chi connectivity index (χ4n) is 5.47. The van der Waals surface area contributed by atoms with E-state index in [2.05, 4.69) is 10.3 Å². The van der Waals surface area contributed by atoms with E-state index in [1.54, 1.807) is 0 Å². The first-order valence-corrected chi connectivity index (χ1v) is 12.5. The molecule has 3 aromatic rings. The van der Waals surface area contributed by atoms with E-state index < -0.39 is 17.8 Å². The molecule has 1 aromatic heterocycles. The van der Waals surface area contributed by atoms with Crippen LogP contribution in [0, 0.1) is 24.6 Å². The molecule has 2 aliphatic heterocycles. The number of aromatic amines is 1. The number of esters is 1. The number of aromatic nitrogens is 1. The number of methoxy groups -OCH3 is 1. The maximum absolute atomic E-state index is 13.3. The Hall–Kier alpha value is -3.72. The predicted molar refractivity (Wildman–Crippen MR) is 134 cm³/mol. The minimum atomic E-state index is -1.05. The maximum atomic E-state index is 13.3. The third-order valence-corrected chi connectivity index (χ3v) is 7.54. The quantitative estimate of drug-likeness (QED) is 0.498. The molecule has 2 aliphatic rings. The number of carbonyl (C=O) groups excluding carboxylic acids is 3. The van der Waals surface area contributed by atoms with Gasteiger partial charge in [0.05, 0.1) is 26.2 Å². The molecular formula is C28H30FN3O5. The van der Waals surface area contributed by atoms with Gasteiger partial charge in [0.2, 0.25) is 5.91 Å². The normalized spacial score (nSPS) is 21.9. The lowest BCUT2D eigenvalue weighted by Gasteiger charge is -2.35. The molecular weight excluding hydrogens is 477 g/mol. The highest BCUT2D eigenvalue weighted by atomic mass is 19.1. The standard InChI is InChI=1S/C28H30FN3O5/c1-16-4-3-5-22-20(16)12-23(30-22)27(34)32-11-10-18-15-37-24(21(18)14-32)13-25(33)31-26(28(35)36-2)17-6-8-19(29)9-7-17/h3-9,12,18,21,24,26,30H,10-11,13-15H2,1-2H3,(H,31,33)/t18-,21-,24?,26?/m0/s1. The van der Waals surface area contributed by atoms with Crippen LogP contribution >= 0.6 is 0 Å². The Kier molecular flexibility index (Phi) is 6.97. The molecule has 2 aromatic carbocycles. The Balaban J connectivity index is 1.25. The summed E-state index contributed by atoms with van der Waals surface area (Å²) in [5, 5.41) is 3.73. The van der Waals surface area contributed by atoms with Gasteiger partial charge in [0.1, 0.15) is 11.5 Å². The Bertz CT molecular complexity index is 1320. The molecule has 2 N–H and O–H groups in total. The SMILES string of the molecule is COC(=O)C(NC(=O)CC1OC[C@@H]2CCN(C(=O)c3cc4c(C)cccc4[nH]3)C[C@H]12)c1ccc(F)cc1. The number of hydrogen-bond donors (Lipinski definition) is 2. The van der Waals surface area contributed by atoms with E-state index in [0.29, 0.717) is 31.0 Å². The van der Waals surface area contributed by atoms with Crippen molar-refractivity contribution in [2.75, 3.05) is 26.8 Å². The van der Waals surface area contributed by atoms with Crippen LogP contribution in [0.1, 0.15) is 40.5 Å². The van der Waals surface area contributed by atoms with Crippen LogP contribution in [-0.2, 0) is 19.1 Å². The fourth-order valence-corrected chi connectivity index (χ4v) is 5.47. The molecule has 194 valence electrons. The first-order chi connectivity index (χ1) is 17.8. The number of carbonyl (C=O) groups is 3. The first kappa shape index (κ1) is 25.0. The van der Waals surface area contributed by atoms with Crippen molar-refractivity contribution in [3.63, 3.8) is 0 Å². The number of benzene rings is 2.